The molecular formula is C65H114O6. The second kappa shape index (κ2) is 59.4. The molecule has 0 bridgehead atoms. The molecule has 0 aromatic carbocycles. The van der Waals surface area contributed by atoms with Gasteiger partial charge < -0.3 is 14.2 Å². The van der Waals surface area contributed by atoms with Crippen molar-refractivity contribution in [3.05, 3.63) is 72.9 Å². The molecule has 0 aromatic rings. The summed E-state index contributed by atoms with van der Waals surface area (Å²) in [6.45, 7) is 6.50. The molecule has 1 atom stereocenters. The van der Waals surface area contributed by atoms with Crippen molar-refractivity contribution >= 4 is 17.9 Å². The SMILES string of the molecule is CC/C=C\C/C=C\C/C=C\C/C=C\CCCCCCCCCCCCCCC(=O)OCC(COC(=O)CCCCCCCCCCCCCCCC)OC(=O)CCCCCCC/C=C\C/C=C\CCCC. The molecule has 0 rings (SSSR count). The summed E-state index contributed by atoms with van der Waals surface area (Å²) >= 11 is 0. The average Bonchev–Trinajstić information content (AvgIpc) is 3.37. The number of esters is 3. The normalized spacial score (nSPS) is 12.5. The Hall–Kier alpha value is -3.15. The van der Waals surface area contributed by atoms with Crippen molar-refractivity contribution < 1.29 is 28.6 Å². The largest absolute Gasteiger partial charge is 0.462 e. The first-order chi connectivity index (χ1) is 35.0. The van der Waals surface area contributed by atoms with Crippen molar-refractivity contribution in [2.24, 2.45) is 0 Å². The third-order valence-electron chi connectivity index (χ3n) is 13.2. The van der Waals surface area contributed by atoms with Crippen molar-refractivity contribution in [2.75, 3.05) is 13.2 Å². The zero-order valence-corrected chi connectivity index (χ0v) is 47.0. The van der Waals surface area contributed by atoms with Gasteiger partial charge in [0.2, 0.25) is 0 Å². The van der Waals surface area contributed by atoms with Gasteiger partial charge in [-0.2, -0.15) is 0 Å². The fourth-order valence-corrected chi connectivity index (χ4v) is 8.63. The molecule has 1 unspecified atom stereocenters. The molecule has 0 aromatic heterocycles. The van der Waals surface area contributed by atoms with Gasteiger partial charge in [0.05, 0.1) is 0 Å². The molecule has 71 heavy (non-hydrogen) atoms. The van der Waals surface area contributed by atoms with Crippen molar-refractivity contribution in [2.45, 2.75) is 309 Å². The van der Waals surface area contributed by atoms with Gasteiger partial charge in [-0.3, -0.25) is 14.4 Å². The topological polar surface area (TPSA) is 78.9 Å². The second-order valence-electron chi connectivity index (χ2n) is 20.2. The first kappa shape index (κ1) is 67.8. The summed E-state index contributed by atoms with van der Waals surface area (Å²) in [7, 11) is 0. The molecule has 0 saturated heterocycles. The molecule has 0 N–H and O–H groups in total. The highest BCUT2D eigenvalue weighted by Crippen LogP contribution is 2.16. The highest BCUT2D eigenvalue weighted by molar-refractivity contribution is 5.71. The third kappa shape index (κ3) is 57.6. The summed E-state index contributed by atoms with van der Waals surface area (Å²) in [4.78, 5) is 38.2. The van der Waals surface area contributed by atoms with E-state index in [1.54, 1.807) is 0 Å². The Morgan fingerprint density at radius 2 is 0.563 bits per heavy atom. The number of hydrogen-bond donors (Lipinski definition) is 0. The average molecular weight is 992 g/mol. The highest BCUT2D eigenvalue weighted by Gasteiger charge is 2.19. The van der Waals surface area contributed by atoms with Gasteiger partial charge in [0.15, 0.2) is 6.10 Å². The summed E-state index contributed by atoms with van der Waals surface area (Å²) in [6, 6.07) is 0. The second-order valence-corrected chi connectivity index (χ2v) is 20.2. The zero-order chi connectivity index (χ0) is 51.4. The number of ether oxygens (including phenoxy) is 3. The van der Waals surface area contributed by atoms with E-state index in [2.05, 4.69) is 93.7 Å². The van der Waals surface area contributed by atoms with Gasteiger partial charge >= 0.3 is 17.9 Å². The summed E-state index contributed by atoms with van der Waals surface area (Å²) in [5, 5.41) is 0. The quantitative estimate of drug-likeness (QED) is 0.0261. The van der Waals surface area contributed by atoms with E-state index in [9.17, 15) is 14.4 Å². The lowest BCUT2D eigenvalue weighted by atomic mass is 10.0. The minimum atomic E-state index is -0.781. The summed E-state index contributed by atoms with van der Waals surface area (Å²) in [6.07, 6.45) is 76.1. The first-order valence-electron chi connectivity index (χ1n) is 30.4. The van der Waals surface area contributed by atoms with Crippen LogP contribution in [0.5, 0.6) is 0 Å². The fourth-order valence-electron chi connectivity index (χ4n) is 8.63. The smallest absolute Gasteiger partial charge is 0.306 e. The molecule has 410 valence electrons. The van der Waals surface area contributed by atoms with E-state index in [1.165, 1.54) is 154 Å². The first-order valence-corrected chi connectivity index (χ1v) is 30.4. The molecule has 0 fully saturated rings. The van der Waals surface area contributed by atoms with Crippen LogP contribution in [0.3, 0.4) is 0 Å². The van der Waals surface area contributed by atoms with Crippen LogP contribution >= 0.6 is 0 Å². The van der Waals surface area contributed by atoms with Crippen LogP contribution in [0.15, 0.2) is 72.9 Å². The molecule has 0 radical (unpaired) electrons. The summed E-state index contributed by atoms with van der Waals surface area (Å²) < 4.78 is 16.9. The Morgan fingerprint density at radius 1 is 0.296 bits per heavy atom. The molecular weight excluding hydrogens is 877 g/mol. The lowest BCUT2D eigenvalue weighted by Crippen LogP contribution is -2.30. The molecule has 0 aliphatic heterocycles. The standard InChI is InChI=1S/C65H114O6/c1-4-7-10-13-16-19-22-25-28-29-30-31-32-33-34-35-36-37-38-41-43-46-49-52-55-58-64(67)70-61-62(71-65(68)59-56-53-50-47-44-40-27-24-21-18-15-12-9-6-3)60-69-63(66)57-54-51-48-45-42-39-26-23-20-17-14-11-8-5-2/h7,10,15-16,18-19,24-25,27-28,30-31,62H,4-6,8-9,11-14,17,20-23,26,29,32-61H2,1-3H3/b10-7-,18-15-,19-16-,27-24-,28-25-,31-30-. The molecule has 0 amide bonds. The molecule has 0 heterocycles. The van der Waals surface area contributed by atoms with Crippen LogP contribution in [0.1, 0.15) is 303 Å². The molecule has 0 saturated carbocycles. The van der Waals surface area contributed by atoms with Crippen LogP contribution in [0.2, 0.25) is 0 Å². The van der Waals surface area contributed by atoms with Gasteiger partial charge in [-0.25, -0.2) is 0 Å². The number of unbranched alkanes of at least 4 members (excludes halogenated alkanes) is 32. The van der Waals surface area contributed by atoms with Gasteiger partial charge in [-0.05, 0) is 83.5 Å². The van der Waals surface area contributed by atoms with E-state index in [4.69, 9.17) is 14.2 Å². The maximum atomic E-state index is 12.9. The van der Waals surface area contributed by atoms with Crippen molar-refractivity contribution in [3.63, 3.8) is 0 Å². The van der Waals surface area contributed by atoms with E-state index < -0.39 is 6.10 Å². The highest BCUT2D eigenvalue weighted by atomic mass is 16.6. The minimum absolute atomic E-state index is 0.0782. The number of hydrogen-bond acceptors (Lipinski definition) is 6. The van der Waals surface area contributed by atoms with E-state index in [-0.39, 0.29) is 31.1 Å². The lowest BCUT2D eigenvalue weighted by molar-refractivity contribution is -0.167. The Bertz CT molecular complexity index is 1320. The van der Waals surface area contributed by atoms with Crippen molar-refractivity contribution in [1.82, 2.24) is 0 Å². The lowest BCUT2D eigenvalue weighted by Gasteiger charge is -2.18. The van der Waals surface area contributed by atoms with Crippen molar-refractivity contribution in [3.8, 4) is 0 Å². The van der Waals surface area contributed by atoms with Crippen LogP contribution in [0, 0.1) is 0 Å². The Labute approximate surface area is 440 Å². The van der Waals surface area contributed by atoms with Crippen LogP contribution in [-0.4, -0.2) is 37.2 Å². The van der Waals surface area contributed by atoms with Crippen LogP contribution in [-0.2, 0) is 28.6 Å². The Kier molecular flexibility index (Phi) is 56.8. The predicted molar refractivity (Wildman–Crippen MR) is 307 cm³/mol. The molecule has 6 heteroatoms. The van der Waals surface area contributed by atoms with Gasteiger partial charge in [0.1, 0.15) is 13.2 Å². The van der Waals surface area contributed by atoms with Crippen molar-refractivity contribution in [1.29, 1.82) is 0 Å². The number of allylic oxidation sites excluding steroid dienone is 12. The minimum Gasteiger partial charge on any atom is -0.462 e. The van der Waals surface area contributed by atoms with E-state index in [1.807, 2.05) is 0 Å². The van der Waals surface area contributed by atoms with Crippen LogP contribution in [0.25, 0.3) is 0 Å². The fraction of sp³-hybridized carbons (Fsp3) is 0.769. The van der Waals surface area contributed by atoms with E-state index >= 15 is 0 Å². The van der Waals surface area contributed by atoms with Crippen LogP contribution < -0.4 is 0 Å². The maximum Gasteiger partial charge on any atom is 0.306 e. The molecule has 6 nitrogen and oxygen atoms in total. The van der Waals surface area contributed by atoms with E-state index in [0.29, 0.717) is 19.3 Å². The van der Waals surface area contributed by atoms with Gasteiger partial charge in [0.25, 0.3) is 0 Å². The molecule has 0 aliphatic rings. The van der Waals surface area contributed by atoms with Gasteiger partial charge in [-0.1, -0.05) is 273 Å². The Morgan fingerprint density at radius 3 is 0.901 bits per heavy atom. The molecule has 0 aliphatic carbocycles. The summed E-state index contributed by atoms with van der Waals surface area (Å²) in [5.41, 5.74) is 0. The van der Waals surface area contributed by atoms with Gasteiger partial charge in [0, 0.05) is 19.3 Å². The number of rotatable bonds is 55. The van der Waals surface area contributed by atoms with E-state index in [0.717, 1.165) is 109 Å². The number of carbonyl (C=O) groups excluding carboxylic acids is 3. The summed E-state index contributed by atoms with van der Waals surface area (Å²) in [5.74, 6) is -0.882. The molecule has 0 spiro atoms. The maximum absolute atomic E-state index is 12.9. The predicted octanol–water partition coefficient (Wildman–Crippen LogP) is 20.5. The monoisotopic (exact) mass is 991 g/mol. The third-order valence-corrected chi connectivity index (χ3v) is 13.2. The van der Waals surface area contributed by atoms with Crippen LogP contribution in [0.4, 0.5) is 0 Å². The number of carbonyl (C=O) groups is 3. The van der Waals surface area contributed by atoms with Gasteiger partial charge in [-0.15, -0.1) is 0 Å². The zero-order valence-electron chi connectivity index (χ0n) is 47.0. The Balaban J connectivity index is 4.28.